The number of hydrogen-bond acceptors (Lipinski definition) is 3. The van der Waals surface area contributed by atoms with Gasteiger partial charge < -0.3 is 9.84 Å². The van der Waals surface area contributed by atoms with Crippen LogP contribution in [0.4, 0.5) is 0 Å². The lowest BCUT2D eigenvalue weighted by Crippen LogP contribution is -2.17. The van der Waals surface area contributed by atoms with Gasteiger partial charge in [-0.15, -0.1) is 0 Å². The van der Waals surface area contributed by atoms with Crippen molar-refractivity contribution in [2.45, 2.75) is 65.4 Å². The van der Waals surface area contributed by atoms with Crippen LogP contribution in [0.2, 0.25) is 0 Å². The molecule has 0 aromatic heterocycles. The molecule has 2 saturated carbocycles. The molecule has 2 aliphatic rings. The van der Waals surface area contributed by atoms with E-state index >= 15 is 0 Å². The minimum Gasteiger partial charge on any atom is -0.469 e. The molecule has 0 amide bonds. The van der Waals surface area contributed by atoms with Crippen LogP contribution in [0.25, 0.3) is 0 Å². The molecule has 2 rings (SSSR count). The van der Waals surface area contributed by atoms with E-state index in [0.29, 0.717) is 24.2 Å². The van der Waals surface area contributed by atoms with Crippen molar-refractivity contribution in [3.63, 3.8) is 0 Å². The molecule has 2 fully saturated rings. The second-order valence-electron chi connectivity index (χ2n) is 8.08. The Balaban J connectivity index is 1.89. The number of esters is 1. The highest BCUT2D eigenvalue weighted by molar-refractivity contribution is 5.69. The number of ether oxygens (including phenoxy) is 1. The van der Waals surface area contributed by atoms with Crippen LogP contribution in [0.1, 0.15) is 59.3 Å². The van der Waals surface area contributed by atoms with Gasteiger partial charge in [0.1, 0.15) is 0 Å². The molecule has 0 radical (unpaired) electrons. The Morgan fingerprint density at radius 3 is 2.60 bits per heavy atom. The molecule has 3 heteroatoms. The second-order valence-corrected chi connectivity index (χ2v) is 8.08. The Morgan fingerprint density at radius 2 is 1.92 bits per heavy atom. The molecule has 0 bridgehead atoms. The van der Waals surface area contributed by atoms with E-state index in [1.54, 1.807) is 0 Å². The van der Waals surface area contributed by atoms with Gasteiger partial charge in [-0.25, -0.2) is 0 Å². The van der Waals surface area contributed by atoms with E-state index in [1.165, 1.54) is 18.3 Å². The molecule has 0 spiro atoms. The monoisotopic (exact) mass is 346 g/mol. The van der Waals surface area contributed by atoms with Crippen molar-refractivity contribution in [3.05, 3.63) is 35.5 Å². The zero-order chi connectivity index (χ0) is 18.4. The summed E-state index contributed by atoms with van der Waals surface area (Å²) in [7, 11) is 1.45. The van der Waals surface area contributed by atoms with Crippen LogP contribution >= 0.6 is 0 Å². The molecule has 1 unspecified atom stereocenters. The van der Waals surface area contributed by atoms with Gasteiger partial charge in [0, 0.05) is 12.3 Å². The van der Waals surface area contributed by atoms with E-state index in [4.69, 9.17) is 4.74 Å². The topological polar surface area (TPSA) is 46.5 Å². The number of carbonyl (C=O) groups excluding carboxylic acids is 1. The number of aliphatic hydroxyl groups is 1. The van der Waals surface area contributed by atoms with Crippen LogP contribution in [0, 0.1) is 23.7 Å². The average Bonchev–Trinajstić information content (AvgIpc) is 3.07. The summed E-state index contributed by atoms with van der Waals surface area (Å²) >= 11 is 0. The summed E-state index contributed by atoms with van der Waals surface area (Å²) in [6.07, 6.45) is 14.3. The zero-order valence-electron chi connectivity index (χ0n) is 16.2. The maximum atomic E-state index is 11.4. The van der Waals surface area contributed by atoms with Crippen molar-refractivity contribution in [1.82, 2.24) is 0 Å². The van der Waals surface area contributed by atoms with E-state index in [9.17, 15) is 9.90 Å². The van der Waals surface area contributed by atoms with Gasteiger partial charge in [-0.2, -0.15) is 0 Å². The highest BCUT2D eigenvalue weighted by Gasteiger charge is 2.46. The third kappa shape index (κ3) is 5.85. The molecular weight excluding hydrogens is 312 g/mol. The first-order chi connectivity index (χ1) is 11.9. The van der Waals surface area contributed by atoms with Crippen molar-refractivity contribution in [1.29, 1.82) is 0 Å². The lowest BCUT2D eigenvalue weighted by molar-refractivity contribution is -0.140. The summed E-state index contributed by atoms with van der Waals surface area (Å²) in [6.45, 7) is 6.36. The fourth-order valence-corrected chi connectivity index (χ4v) is 4.51. The zero-order valence-corrected chi connectivity index (χ0v) is 16.2. The summed E-state index contributed by atoms with van der Waals surface area (Å²) in [6, 6.07) is 0. The summed E-state index contributed by atoms with van der Waals surface area (Å²) < 4.78 is 4.75. The van der Waals surface area contributed by atoms with E-state index < -0.39 is 0 Å². The molecule has 0 aromatic rings. The van der Waals surface area contributed by atoms with E-state index in [2.05, 4.69) is 45.1 Å². The van der Waals surface area contributed by atoms with Crippen LogP contribution < -0.4 is 0 Å². The lowest BCUT2D eigenvalue weighted by atomic mass is 9.89. The smallest absolute Gasteiger partial charge is 0.305 e. The molecule has 0 saturated heterocycles. The standard InChI is InChI=1S/C22H34O3/c1-15(2)6-5-7-16(3)8-10-19-20-13-17(9-11-22(24)25-4)12-18(20)14-21(19)23/h6-8,10,17-21,23H,5,9,11-14H2,1-4H3/b10-8+,16-7+/t17?,18-,19+,20-,21+/m0/s1. The van der Waals surface area contributed by atoms with Crippen molar-refractivity contribution in [3.8, 4) is 0 Å². The fourth-order valence-electron chi connectivity index (χ4n) is 4.51. The van der Waals surface area contributed by atoms with E-state index in [0.717, 1.165) is 32.1 Å². The van der Waals surface area contributed by atoms with Gasteiger partial charge in [0.05, 0.1) is 13.2 Å². The largest absolute Gasteiger partial charge is 0.469 e. The predicted molar refractivity (Wildman–Crippen MR) is 102 cm³/mol. The van der Waals surface area contributed by atoms with Gasteiger partial charge in [-0.1, -0.05) is 35.5 Å². The first kappa shape index (κ1) is 20.0. The first-order valence-corrected chi connectivity index (χ1v) is 9.64. The quantitative estimate of drug-likeness (QED) is 0.408. The number of rotatable bonds is 7. The first-order valence-electron chi connectivity index (χ1n) is 9.64. The van der Waals surface area contributed by atoms with Gasteiger partial charge in [0.2, 0.25) is 0 Å². The highest BCUT2D eigenvalue weighted by Crippen LogP contribution is 2.51. The molecule has 3 nitrogen and oxygen atoms in total. The summed E-state index contributed by atoms with van der Waals surface area (Å²) in [5, 5.41) is 10.4. The number of hydrogen-bond donors (Lipinski definition) is 1. The molecule has 0 heterocycles. The Kier molecular flexibility index (Phi) is 7.49. The second kappa shape index (κ2) is 9.38. The maximum Gasteiger partial charge on any atom is 0.305 e. The fraction of sp³-hybridized carbons (Fsp3) is 0.682. The summed E-state index contributed by atoms with van der Waals surface area (Å²) in [4.78, 5) is 11.4. The van der Waals surface area contributed by atoms with Crippen LogP contribution in [0.15, 0.2) is 35.5 Å². The number of fused-ring (bicyclic) bond motifs is 1. The maximum absolute atomic E-state index is 11.4. The number of carbonyl (C=O) groups is 1. The molecule has 140 valence electrons. The normalized spacial score (nSPS) is 32.0. The van der Waals surface area contributed by atoms with Gasteiger partial charge in [0.15, 0.2) is 0 Å². The predicted octanol–water partition coefficient (Wildman–Crippen LogP) is 4.82. The Labute approximate surface area is 152 Å². The molecule has 5 atom stereocenters. The number of allylic oxidation sites excluding steroid dienone is 5. The Bertz CT molecular complexity index is 539. The Morgan fingerprint density at radius 1 is 1.16 bits per heavy atom. The number of methoxy groups -OCH3 is 1. The van der Waals surface area contributed by atoms with Gasteiger partial charge in [-0.3, -0.25) is 4.79 Å². The van der Waals surface area contributed by atoms with Crippen molar-refractivity contribution < 1.29 is 14.6 Å². The summed E-state index contributed by atoms with van der Waals surface area (Å²) in [5.74, 6) is 1.94. The van der Waals surface area contributed by atoms with Crippen molar-refractivity contribution >= 4 is 5.97 Å². The van der Waals surface area contributed by atoms with Crippen LogP contribution in [0.5, 0.6) is 0 Å². The van der Waals surface area contributed by atoms with Gasteiger partial charge in [-0.05, 0) is 70.6 Å². The molecule has 0 aliphatic heterocycles. The third-order valence-corrected chi connectivity index (χ3v) is 5.86. The lowest BCUT2D eigenvalue weighted by Gasteiger charge is -2.18. The number of aliphatic hydroxyl groups excluding tert-OH is 1. The minimum absolute atomic E-state index is 0.106. The minimum atomic E-state index is -0.210. The van der Waals surface area contributed by atoms with Crippen LogP contribution in [-0.2, 0) is 9.53 Å². The molecular formula is C22H34O3. The summed E-state index contributed by atoms with van der Waals surface area (Å²) in [5.41, 5.74) is 2.60. The third-order valence-electron chi connectivity index (χ3n) is 5.86. The highest BCUT2D eigenvalue weighted by atomic mass is 16.5. The van der Waals surface area contributed by atoms with Crippen LogP contribution in [0.3, 0.4) is 0 Å². The molecule has 0 aromatic carbocycles. The van der Waals surface area contributed by atoms with Crippen LogP contribution in [-0.4, -0.2) is 24.3 Å². The average molecular weight is 347 g/mol. The van der Waals surface area contributed by atoms with Gasteiger partial charge in [0.25, 0.3) is 0 Å². The Hall–Kier alpha value is -1.35. The van der Waals surface area contributed by atoms with Gasteiger partial charge >= 0.3 is 5.97 Å². The van der Waals surface area contributed by atoms with Crippen molar-refractivity contribution in [2.24, 2.45) is 23.7 Å². The molecule has 25 heavy (non-hydrogen) atoms. The SMILES string of the molecule is COC(=O)CCC1C[C@H]2C[C@@H](O)[C@H](/C=C/C(C)=C/CC=C(C)C)[C@H]2C1. The van der Waals surface area contributed by atoms with E-state index in [-0.39, 0.29) is 18.0 Å². The molecule has 2 aliphatic carbocycles. The molecule has 1 N–H and O–H groups in total. The van der Waals surface area contributed by atoms with Crippen molar-refractivity contribution in [2.75, 3.05) is 7.11 Å². The van der Waals surface area contributed by atoms with E-state index in [1.807, 2.05) is 0 Å².